The number of halogens is 1. The van der Waals surface area contributed by atoms with E-state index in [1.807, 2.05) is 0 Å². The van der Waals surface area contributed by atoms with E-state index in [1.165, 1.54) is 20.3 Å². The van der Waals surface area contributed by atoms with Gasteiger partial charge in [0.15, 0.2) is 17.3 Å². The highest BCUT2D eigenvalue weighted by molar-refractivity contribution is 6.32. The van der Waals surface area contributed by atoms with E-state index < -0.39 is 11.4 Å². The first-order chi connectivity index (χ1) is 15.4. The fraction of sp³-hybridized carbons (Fsp3) is 0.120. The molecular formula is C25H19ClO6. The van der Waals surface area contributed by atoms with Gasteiger partial charge in [-0.25, -0.2) is 4.79 Å². The zero-order chi connectivity index (χ0) is 22.8. The summed E-state index contributed by atoms with van der Waals surface area (Å²) in [5.74, 6) is 0.107. The summed E-state index contributed by atoms with van der Waals surface area (Å²) in [6, 6.07) is 16.6. The van der Waals surface area contributed by atoms with Crippen LogP contribution in [0.15, 0.2) is 69.9 Å². The van der Waals surface area contributed by atoms with Gasteiger partial charge in [-0.1, -0.05) is 29.8 Å². The van der Waals surface area contributed by atoms with Gasteiger partial charge < -0.3 is 18.6 Å². The molecule has 1 aromatic heterocycles. The number of rotatable bonds is 5. The Balaban J connectivity index is 1.96. The third-order valence-corrected chi connectivity index (χ3v) is 5.39. The predicted molar refractivity (Wildman–Crippen MR) is 122 cm³/mol. The largest absolute Gasteiger partial charge is 0.493 e. The Morgan fingerprint density at radius 2 is 1.66 bits per heavy atom. The van der Waals surface area contributed by atoms with Gasteiger partial charge in [0.25, 0.3) is 0 Å². The zero-order valence-corrected chi connectivity index (χ0v) is 18.4. The van der Waals surface area contributed by atoms with Crippen LogP contribution in [0.3, 0.4) is 0 Å². The van der Waals surface area contributed by atoms with Crippen LogP contribution >= 0.6 is 11.6 Å². The molecule has 0 saturated heterocycles. The van der Waals surface area contributed by atoms with E-state index in [0.29, 0.717) is 33.2 Å². The van der Waals surface area contributed by atoms with Crippen LogP contribution < -0.4 is 19.6 Å². The van der Waals surface area contributed by atoms with E-state index in [1.54, 1.807) is 61.5 Å². The maximum absolute atomic E-state index is 13.4. The average Bonchev–Trinajstić information content (AvgIpc) is 2.82. The molecule has 0 bridgehead atoms. The molecule has 0 amide bonds. The second kappa shape index (κ2) is 8.77. The molecule has 4 aromatic rings. The molecule has 4 rings (SSSR count). The van der Waals surface area contributed by atoms with Gasteiger partial charge >= 0.3 is 5.97 Å². The van der Waals surface area contributed by atoms with Gasteiger partial charge in [0, 0.05) is 10.6 Å². The maximum Gasteiger partial charge on any atom is 0.343 e. The Hall–Kier alpha value is -3.77. The molecule has 0 fully saturated rings. The summed E-state index contributed by atoms with van der Waals surface area (Å²) < 4.78 is 22.3. The molecule has 7 heteroatoms. The van der Waals surface area contributed by atoms with Gasteiger partial charge in [0.2, 0.25) is 11.2 Å². The zero-order valence-electron chi connectivity index (χ0n) is 17.6. The highest BCUT2D eigenvalue weighted by atomic mass is 35.5. The van der Waals surface area contributed by atoms with Crippen molar-refractivity contribution in [2.45, 2.75) is 6.92 Å². The Morgan fingerprint density at radius 1 is 0.938 bits per heavy atom. The minimum absolute atomic E-state index is 0.0921. The number of ether oxygens (including phenoxy) is 3. The number of carbonyl (C=O) groups is 1. The van der Waals surface area contributed by atoms with Crippen LogP contribution in [0, 0.1) is 6.92 Å². The van der Waals surface area contributed by atoms with Gasteiger partial charge in [0.05, 0.1) is 25.2 Å². The molecular weight excluding hydrogens is 432 g/mol. The topological polar surface area (TPSA) is 75.0 Å². The van der Waals surface area contributed by atoms with Crippen molar-refractivity contribution >= 4 is 28.5 Å². The first kappa shape index (κ1) is 21.5. The summed E-state index contributed by atoms with van der Waals surface area (Å²) >= 11 is 6.22. The first-order valence-corrected chi connectivity index (χ1v) is 10.1. The van der Waals surface area contributed by atoms with E-state index >= 15 is 0 Å². The van der Waals surface area contributed by atoms with Crippen LogP contribution in [0.2, 0.25) is 5.02 Å². The Labute approximate surface area is 188 Å². The molecule has 0 aliphatic rings. The lowest BCUT2D eigenvalue weighted by Crippen LogP contribution is -2.16. The molecule has 1 heterocycles. The Kier molecular flexibility index (Phi) is 5.88. The van der Waals surface area contributed by atoms with Crippen LogP contribution in [0.1, 0.15) is 15.9 Å². The highest BCUT2D eigenvalue weighted by Crippen LogP contribution is 2.37. The molecule has 6 nitrogen and oxygen atoms in total. The molecule has 0 atom stereocenters. The molecule has 0 unspecified atom stereocenters. The standard InChI is InChI=1S/C25H19ClO6/c1-14-11-20-17(13-18(14)26)22(27)24(32-25(28)15-7-5-4-6-8-15)23(31-20)16-9-10-19(29-2)21(12-16)30-3/h4-13H,1-3H3. The number of carbonyl (C=O) groups excluding carboxylic acids is 1. The molecule has 0 aliphatic carbocycles. The highest BCUT2D eigenvalue weighted by Gasteiger charge is 2.23. The summed E-state index contributed by atoms with van der Waals surface area (Å²) in [7, 11) is 3.02. The number of esters is 1. The molecule has 32 heavy (non-hydrogen) atoms. The molecule has 0 saturated carbocycles. The van der Waals surface area contributed by atoms with Crippen molar-refractivity contribution in [3.63, 3.8) is 0 Å². The van der Waals surface area contributed by atoms with Crippen LogP contribution in [-0.2, 0) is 0 Å². The van der Waals surface area contributed by atoms with Crippen molar-refractivity contribution < 1.29 is 23.4 Å². The van der Waals surface area contributed by atoms with Crippen LogP contribution in [0.25, 0.3) is 22.3 Å². The molecule has 3 aromatic carbocycles. The predicted octanol–water partition coefficient (Wildman–Crippen LogP) is 5.66. The van der Waals surface area contributed by atoms with Gasteiger partial charge in [-0.05, 0) is 55.0 Å². The summed E-state index contributed by atoms with van der Waals surface area (Å²) in [6.07, 6.45) is 0. The van der Waals surface area contributed by atoms with Crippen LogP contribution in [0.4, 0.5) is 0 Å². The van der Waals surface area contributed by atoms with Gasteiger partial charge in [-0.15, -0.1) is 0 Å². The third-order valence-electron chi connectivity index (χ3n) is 4.98. The molecule has 0 radical (unpaired) electrons. The fourth-order valence-electron chi connectivity index (χ4n) is 3.28. The van der Waals surface area contributed by atoms with E-state index in [0.717, 1.165) is 5.56 Å². The number of hydrogen-bond acceptors (Lipinski definition) is 6. The molecule has 0 aliphatic heterocycles. The van der Waals surface area contributed by atoms with Gasteiger partial charge in [-0.3, -0.25) is 4.79 Å². The first-order valence-electron chi connectivity index (χ1n) is 9.69. The van der Waals surface area contributed by atoms with E-state index in [2.05, 4.69) is 0 Å². The van der Waals surface area contributed by atoms with E-state index in [9.17, 15) is 9.59 Å². The van der Waals surface area contributed by atoms with Crippen LogP contribution in [-0.4, -0.2) is 20.2 Å². The Morgan fingerprint density at radius 3 is 2.34 bits per heavy atom. The molecule has 162 valence electrons. The van der Waals surface area contributed by atoms with Crippen molar-refractivity contribution in [3.05, 3.63) is 87.0 Å². The number of hydrogen-bond donors (Lipinski definition) is 0. The van der Waals surface area contributed by atoms with Crippen molar-refractivity contribution in [3.8, 4) is 28.6 Å². The normalized spacial score (nSPS) is 10.8. The van der Waals surface area contributed by atoms with Gasteiger partial charge in [0.1, 0.15) is 5.58 Å². The van der Waals surface area contributed by atoms with Crippen molar-refractivity contribution in [2.75, 3.05) is 14.2 Å². The second-order valence-corrected chi connectivity index (χ2v) is 7.42. The minimum atomic E-state index is -0.683. The third kappa shape index (κ3) is 3.92. The quantitative estimate of drug-likeness (QED) is 0.365. The number of fused-ring (bicyclic) bond motifs is 1. The number of benzene rings is 3. The second-order valence-electron chi connectivity index (χ2n) is 7.01. The molecule has 0 spiro atoms. The summed E-state index contributed by atoms with van der Waals surface area (Å²) in [5, 5.41) is 0.615. The van der Waals surface area contributed by atoms with Crippen LogP contribution in [0.5, 0.6) is 17.2 Å². The lowest BCUT2D eigenvalue weighted by Gasteiger charge is -2.13. The lowest BCUT2D eigenvalue weighted by atomic mass is 10.1. The summed E-state index contributed by atoms with van der Waals surface area (Å²) in [5.41, 5.74) is 1.33. The van der Waals surface area contributed by atoms with E-state index in [-0.39, 0.29) is 16.9 Å². The fourth-order valence-corrected chi connectivity index (χ4v) is 3.45. The number of aryl methyl sites for hydroxylation is 1. The number of methoxy groups -OCH3 is 2. The van der Waals surface area contributed by atoms with E-state index in [4.69, 9.17) is 30.2 Å². The van der Waals surface area contributed by atoms with Crippen molar-refractivity contribution in [1.82, 2.24) is 0 Å². The average molecular weight is 451 g/mol. The molecule has 0 N–H and O–H groups in total. The summed E-state index contributed by atoms with van der Waals surface area (Å²) in [6.45, 7) is 1.81. The monoisotopic (exact) mass is 450 g/mol. The Bertz CT molecular complexity index is 1380. The van der Waals surface area contributed by atoms with Crippen molar-refractivity contribution in [2.24, 2.45) is 0 Å². The lowest BCUT2D eigenvalue weighted by molar-refractivity contribution is 0.0731. The van der Waals surface area contributed by atoms with Crippen molar-refractivity contribution in [1.29, 1.82) is 0 Å². The smallest absolute Gasteiger partial charge is 0.343 e. The minimum Gasteiger partial charge on any atom is -0.493 e. The SMILES string of the molecule is COc1ccc(-c2oc3cc(C)c(Cl)cc3c(=O)c2OC(=O)c2ccccc2)cc1OC. The summed E-state index contributed by atoms with van der Waals surface area (Å²) in [4.78, 5) is 26.1. The maximum atomic E-state index is 13.4. The van der Waals surface area contributed by atoms with Gasteiger partial charge in [-0.2, -0.15) is 0 Å².